The SMILES string of the molecule is C=CCOCCN(C(=O)CCl)c1c(C)cccc1C. The zero-order valence-corrected chi connectivity index (χ0v) is 12.2. The van der Waals surface area contributed by atoms with Crippen LogP contribution in [0.15, 0.2) is 30.9 Å². The van der Waals surface area contributed by atoms with Gasteiger partial charge in [0.1, 0.15) is 5.88 Å². The Bertz CT molecular complexity index is 426. The molecule has 4 heteroatoms. The summed E-state index contributed by atoms with van der Waals surface area (Å²) in [4.78, 5) is 13.7. The standard InChI is InChI=1S/C15H20ClNO2/c1-4-9-19-10-8-17(14(18)11-16)15-12(2)6-5-7-13(15)3/h4-7H,1,8-11H2,2-3H3. The maximum atomic E-state index is 12.0. The van der Waals surface area contributed by atoms with Crippen molar-refractivity contribution in [2.24, 2.45) is 0 Å². The highest BCUT2D eigenvalue weighted by Crippen LogP contribution is 2.24. The van der Waals surface area contributed by atoms with Crippen LogP contribution in [0, 0.1) is 13.8 Å². The first-order chi connectivity index (χ1) is 9.11. The van der Waals surface area contributed by atoms with Gasteiger partial charge in [0.05, 0.1) is 13.2 Å². The van der Waals surface area contributed by atoms with Crippen molar-refractivity contribution in [2.75, 3.05) is 30.5 Å². The third kappa shape index (κ3) is 4.37. The molecule has 0 aliphatic heterocycles. The van der Waals surface area contributed by atoms with E-state index in [-0.39, 0.29) is 11.8 Å². The van der Waals surface area contributed by atoms with Crippen molar-refractivity contribution in [3.63, 3.8) is 0 Å². The Labute approximate surface area is 119 Å². The Morgan fingerprint density at radius 3 is 2.58 bits per heavy atom. The Balaban J connectivity index is 2.90. The number of hydrogen-bond acceptors (Lipinski definition) is 2. The Morgan fingerprint density at radius 2 is 2.05 bits per heavy atom. The van der Waals surface area contributed by atoms with Gasteiger partial charge in [-0.3, -0.25) is 4.79 Å². The van der Waals surface area contributed by atoms with Gasteiger partial charge < -0.3 is 9.64 Å². The molecular formula is C15H20ClNO2. The highest BCUT2D eigenvalue weighted by atomic mass is 35.5. The number of ether oxygens (including phenoxy) is 1. The third-order valence-corrected chi connectivity index (χ3v) is 3.05. The van der Waals surface area contributed by atoms with Gasteiger partial charge in [0.25, 0.3) is 0 Å². The van der Waals surface area contributed by atoms with Gasteiger partial charge in [0, 0.05) is 12.2 Å². The number of halogens is 1. The van der Waals surface area contributed by atoms with E-state index in [2.05, 4.69) is 6.58 Å². The number of rotatable bonds is 7. The van der Waals surface area contributed by atoms with Crippen molar-refractivity contribution in [1.82, 2.24) is 0 Å². The lowest BCUT2D eigenvalue weighted by molar-refractivity contribution is -0.116. The zero-order valence-electron chi connectivity index (χ0n) is 11.5. The van der Waals surface area contributed by atoms with Crippen LogP contribution in [-0.2, 0) is 9.53 Å². The van der Waals surface area contributed by atoms with Crippen molar-refractivity contribution < 1.29 is 9.53 Å². The van der Waals surface area contributed by atoms with Crippen molar-refractivity contribution in [3.05, 3.63) is 42.0 Å². The fourth-order valence-electron chi connectivity index (χ4n) is 1.99. The average Bonchev–Trinajstić information content (AvgIpc) is 2.40. The van der Waals surface area contributed by atoms with Gasteiger partial charge >= 0.3 is 0 Å². The van der Waals surface area contributed by atoms with Crippen molar-refractivity contribution in [1.29, 1.82) is 0 Å². The quantitative estimate of drug-likeness (QED) is 0.437. The van der Waals surface area contributed by atoms with E-state index in [4.69, 9.17) is 16.3 Å². The van der Waals surface area contributed by atoms with Gasteiger partial charge in [-0.25, -0.2) is 0 Å². The molecule has 3 nitrogen and oxygen atoms in total. The van der Waals surface area contributed by atoms with E-state index in [0.29, 0.717) is 19.8 Å². The normalized spacial score (nSPS) is 10.3. The molecule has 0 fully saturated rings. The van der Waals surface area contributed by atoms with Crippen LogP contribution in [0.25, 0.3) is 0 Å². The summed E-state index contributed by atoms with van der Waals surface area (Å²) in [5.74, 6) is -0.142. The molecule has 0 unspecified atom stereocenters. The fourth-order valence-corrected chi connectivity index (χ4v) is 2.13. The summed E-state index contributed by atoms with van der Waals surface area (Å²) in [5, 5.41) is 0. The molecule has 0 aliphatic rings. The van der Waals surface area contributed by atoms with E-state index < -0.39 is 0 Å². The first kappa shape index (κ1) is 15.7. The van der Waals surface area contributed by atoms with E-state index in [0.717, 1.165) is 16.8 Å². The van der Waals surface area contributed by atoms with Gasteiger partial charge in [-0.15, -0.1) is 18.2 Å². The van der Waals surface area contributed by atoms with Crippen LogP contribution in [0.1, 0.15) is 11.1 Å². The molecule has 0 spiro atoms. The molecule has 1 rings (SSSR count). The minimum Gasteiger partial charge on any atom is -0.376 e. The molecule has 0 radical (unpaired) electrons. The highest BCUT2D eigenvalue weighted by molar-refractivity contribution is 6.29. The summed E-state index contributed by atoms with van der Waals surface area (Å²) < 4.78 is 5.35. The highest BCUT2D eigenvalue weighted by Gasteiger charge is 2.18. The minimum absolute atomic E-state index is 0.0325. The first-order valence-electron chi connectivity index (χ1n) is 6.23. The Morgan fingerprint density at radius 1 is 1.42 bits per heavy atom. The fraction of sp³-hybridized carbons (Fsp3) is 0.400. The second kappa shape index (κ2) is 7.97. The summed E-state index contributed by atoms with van der Waals surface area (Å²) in [5.41, 5.74) is 3.04. The van der Waals surface area contributed by atoms with Gasteiger partial charge in [0.15, 0.2) is 0 Å². The summed E-state index contributed by atoms with van der Waals surface area (Å²) >= 11 is 5.69. The number of alkyl halides is 1. The van der Waals surface area contributed by atoms with Gasteiger partial charge in [-0.2, -0.15) is 0 Å². The topological polar surface area (TPSA) is 29.5 Å². The lowest BCUT2D eigenvalue weighted by atomic mass is 10.1. The Kier molecular flexibility index (Phi) is 6.60. The second-order valence-corrected chi connectivity index (χ2v) is 4.55. The summed E-state index contributed by atoms with van der Waals surface area (Å²) in [6.07, 6.45) is 1.69. The van der Waals surface area contributed by atoms with Crippen molar-refractivity contribution >= 4 is 23.2 Å². The lowest BCUT2D eigenvalue weighted by Gasteiger charge is -2.25. The molecule has 0 aliphatic carbocycles. The Hall–Kier alpha value is -1.32. The predicted octanol–water partition coefficient (Wildman–Crippen LogP) is 3.08. The molecule has 1 amide bonds. The number of aryl methyl sites for hydroxylation is 2. The molecule has 0 aromatic heterocycles. The maximum absolute atomic E-state index is 12.0. The molecule has 0 N–H and O–H groups in total. The van der Waals surface area contributed by atoms with E-state index >= 15 is 0 Å². The zero-order chi connectivity index (χ0) is 14.3. The van der Waals surface area contributed by atoms with Crippen LogP contribution in [0.4, 0.5) is 5.69 Å². The molecule has 0 bridgehead atoms. The molecule has 104 valence electrons. The van der Waals surface area contributed by atoms with Crippen LogP contribution in [0.5, 0.6) is 0 Å². The van der Waals surface area contributed by atoms with Crippen LogP contribution in [0.3, 0.4) is 0 Å². The summed E-state index contributed by atoms with van der Waals surface area (Å²) in [7, 11) is 0. The number of carbonyl (C=O) groups is 1. The van der Waals surface area contributed by atoms with Crippen LogP contribution in [0.2, 0.25) is 0 Å². The summed E-state index contributed by atoms with van der Waals surface area (Å²) in [6, 6.07) is 5.95. The van der Waals surface area contributed by atoms with Crippen LogP contribution >= 0.6 is 11.6 Å². The second-order valence-electron chi connectivity index (χ2n) is 4.28. The molecule has 19 heavy (non-hydrogen) atoms. The molecule has 1 aromatic carbocycles. The van der Waals surface area contributed by atoms with Crippen LogP contribution in [-0.4, -0.2) is 31.5 Å². The summed E-state index contributed by atoms with van der Waals surface area (Å²) in [6.45, 7) is 9.00. The van der Waals surface area contributed by atoms with Crippen molar-refractivity contribution in [2.45, 2.75) is 13.8 Å². The average molecular weight is 282 g/mol. The molecular weight excluding hydrogens is 262 g/mol. The minimum atomic E-state index is -0.110. The number of benzene rings is 1. The van der Waals surface area contributed by atoms with E-state index in [1.54, 1.807) is 11.0 Å². The first-order valence-corrected chi connectivity index (χ1v) is 6.76. The van der Waals surface area contributed by atoms with Gasteiger partial charge in [-0.1, -0.05) is 24.3 Å². The smallest absolute Gasteiger partial charge is 0.242 e. The van der Waals surface area contributed by atoms with Gasteiger partial charge in [-0.05, 0) is 25.0 Å². The number of carbonyl (C=O) groups excluding carboxylic acids is 1. The van der Waals surface area contributed by atoms with Crippen molar-refractivity contribution in [3.8, 4) is 0 Å². The third-order valence-electron chi connectivity index (χ3n) is 2.82. The number of nitrogens with zero attached hydrogens (tertiary/aromatic N) is 1. The molecule has 0 heterocycles. The molecule has 0 atom stereocenters. The number of para-hydroxylation sites is 1. The van der Waals surface area contributed by atoms with Gasteiger partial charge in [0.2, 0.25) is 5.91 Å². The number of amides is 1. The maximum Gasteiger partial charge on any atom is 0.242 e. The van der Waals surface area contributed by atoms with Crippen LogP contribution < -0.4 is 4.90 Å². The van der Waals surface area contributed by atoms with E-state index in [9.17, 15) is 4.79 Å². The molecule has 1 aromatic rings. The largest absolute Gasteiger partial charge is 0.376 e. The molecule has 0 saturated heterocycles. The predicted molar refractivity (Wildman–Crippen MR) is 80.0 cm³/mol. The van der Waals surface area contributed by atoms with E-state index in [1.807, 2.05) is 32.0 Å². The number of hydrogen-bond donors (Lipinski definition) is 0. The number of anilines is 1. The monoisotopic (exact) mass is 281 g/mol. The molecule has 0 saturated carbocycles. The van der Waals surface area contributed by atoms with E-state index in [1.165, 1.54) is 0 Å². The lowest BCUT2D eigenvalue weighted by Crippen LogP contribution is -2.36.